The molecule has 0 bridgehead atoms. The van der Waals surface area contributed by atoms with E-state index in [0.717, 1.165) is 22.5 Å². The van der Waals surface area contributed by atoms with Gasteiger partial charge in [-0.05, 0) is 19.1 Å². The van der Waals surface area contributed by atoms with Crippen molar-refractivity contribution >= 4 is 22.7 Å². The number of carbonyl (C=O) groups is 1. The topological polar surface area (TPSA) is 87.9 Å². The van der Waals surface area contributed by atoms with Crippen LogP contribution in [0.4, 0.5) is 5.69 Å². The molecular weight excluding hydrogens is 400 g/mol. The van der Waals surface area contributed by atoms with E-state index in [1.165, 1.54) is 6.20 Å². The first-order valence-corrected chi connectivity index (χ1v) is 10.2. The lowest BCUT2D eigenvalue weighted by molar-refractivity contribution is -0.138. The number of carbonyl (C=O) groups excluding carboxylic acids is 1. The summed E-state index contributed by atoms with van der Waals surface area (Å²) < 4.78 is 4.91. The molecule has 0 saturated carbocycles. The zero-order valence-electron chi connectivity index (χ0n) is 17.4. The Labute approximate surface area is 185 Å². The summed E-state index contributed by atoms with van der Waals surface area (Å²) in [4.78, 5) is 21.8. The average Bonchev–Trinajstić information content (AvgIpc) is 2.85. The minimum atomic E-state index is -0.676. The maximum absolute atomic E-state index is 11.9. The highest BCUT2D eigenvalue weighted by atomic mass is 16.5. The van der Waals surface area contributed by atoms with Crippen molar-refractivity contribution < 1.29 is 9.53 Å². The van der Waals surface area contributed by atoms with Crippen LogP contribution in [0.2, 0.25) is 0 Å². The number of aromatic nitrogens is 2. The molecule has 3 aromatic carbocycles. The molecule has 0 atom stereocenters. The third-order valence-electron chi connectivity index (χ3n) is 4.78. The normalized spacial score (nSPS) is 11.1. The monoisotopic (exact) mass is 420 g/mol. The Balaban J connectivity index is 1.86. The number of benzene rings is 3. The second-order valence-corrected chi connectivity index (χ2v) is 6.86. The lowest BCUT2D eigenvalue weighted by Crippen LogP contribution is -2.08. The Kier molecular flexibility index (Phi) is 6.19. The number of nitrogens with zero attached hydrogens (tertiary/aromatic N) is 3. The largest absolute Gasteiger partial charge is 0.462 e. The molecule has 1 heterocycles. The summed E-state index contributed by atoms with van der Waals surface area (Å²) in [7, 11) is 0. The lowest BCUT2D eigenvalue weighted by Gasteiger charge is -2.13. The molecule has 4 aromatic rings. The zero-order valence-corrected chi connectivity index (χ0v) is 17.4. The maximum Gasteiger partial charge on any atom is 0.350 e. The first kappa shape index (κ1) is 20.8. The van der Waals surface area contributed by atoms with Gasteiger partial charge in [-0.3, -0.25) is 0 Å². The van der Waals surface area contributed by atoms with Crippen LogP contribution in [0.1, 0.15) is 6.92 Å². The molecule has 0 aliphatic rings. The van der Waals surface area contributed by atoms with Crippen molar-refractivity contribution in [1.29, 1.82) is 5.26 Å². The van der Waals surface area contributed by atoms with Crippen LogP contribution >= 0.6 is 0 Å². The number of fused-ring (bicyclic) bond motifs is 1. The molecule has 0 radical (unpaired) electrons. The molecule has 0 amide bonds. The molecule has 0 saturated heterocycles. The number of ether oxygens (including phenoxy) is 1. The number of hydrogen-bond acceptors (Lipinski definition) is 6. The van der Waals surface area contributed by atoms with Gasteiger partial charge in [0.05, 0.1) is 29.2 Å². The number of rotatable bonds is 6. The van der Waals surface area contributed by atoms with Crippen LogP contribution in [0.25, 0.3) is 33.5 Å². The van der Waals surface area contributed by atoms with Gasteiger partial charge in [0.1, 0.15) is 11.6 Å². The number of anilines is 1. The van der Waals surface area contributed by atoms with Crippen LogP contribution in [0.15, 0.2) is 90.6 Å². The summed E-state index contributed by atoms with van der Waals surface area (Å²) in [6, 6.07) is 27.2. The van der Waals surface area contributed by atoms with E-state index < -0.39 is 5.97 Å². The summed E-state index contributed by atoms with van der Waals surface area (Å²) in [5, 5.41) is 12.3. The Morgan fingerprint density at radius 2 is 1.56 bits per heavy atom. The zero-order chi connectivity index (χ0) is 22.3. The van der Waals surface area contributed by atoms with Crippen LogP contribution in [0.3, 0.4) is 0 Å². The van der Waals surface area contributed by atoms with Crippen molar-refractivity contribution in [3.8, 4) is 28.6 Å². The van der Waals surface area contributed by atoms with Crippen LogP contribution in [-0.2, 0) is 9.53 Å². The van der Waals surface area contributed by atoms with Crippen LogP contribution < -0.4 is 5.32 Å². The van der Waals surface area contributed by atoms with E-state index in [-0.39, 0.29) is 12.2 Å². The van der Waals surface area contributed by atoms with Crippen LogP contribution in [0.5, 0.6) is 0 Å². The highest BCUT2D eigenvalue weighted by Crippen LogP contribution is 2.32. The van der Waals surface area contributed by atoms with Crippen molar-refractivity contribution in [3.63, 3.8) is 0 Å². The molecule has 6 nitrogen and oxygen atoms in total. The van der Waals surface area contributed by atoms with E-state index in [9.17, 15) is 10.1 Å². The summed E-state index contributed by atoms with van der Waals surface area (Å²) in [5.74, 6) is -0.676. The van der Waals surface area contributed by atoms with Crippen molar-refractivity contribution in [2.45, 2.75) is 6.92 Å². The van der Waals surface area contributed by atoms with Gasteiger partial charge < -0.3 is 10.1 Å². The molecule has 1 N–H and O–H groups in total. The van der Waals surface area contributed by atoms with E-state index >= 15 is 0 Å². The minimum absolute atomic E-state index is 0.124. The van der Waals surface area contributed by atoms with Gasteiger partial charge in [-0.15, -0.1) is 0 Å². The Morgan fingerprint density at radius 1 is 0.938 bits per heavy atom. The van der Waals surface area contributed by atoms with Gasteiger partial charge in [-0.1, -0.05) is 66.7 Å². The molecule has 32 heavy (non-hydrogen) atoms. The van der Waals surface area contributed by atoms with Crippen molar-refractivity contribution in [3.05, 3.63) is 90.6 Å². The Hall–Kier alpha value is -4.50. The van der Waals surface area contributed by atoms with E-state index in [0.29, 0.717) is 16.7 Å². The van der Waals surface area contributed by atoms with E-state index in [1.807, 2.05) is 84.9 Å². The molecule has 0 fully saturated rings. The Morgan fingerprint density at radius 3 is 2.16 bits per heavy atom. The van der Waals surface area contributed by atoms with Crippen LogP contribution in [-0.4, -0.2) is 22.5 Å². The van der Waals surface area contributed by atoms with Gasteiger partial charge in [0, 0.05) is 17.3 Å². The number of hydrogen-bond donors (Lipinski definition) is 1. The lowest BCUT2D eigenvalue weighted by atomic mass is 10.0. The van der Waals surface area contributed by atoms with Gasteiger partial charge in [0.25, 0.3) is 0 Å². The van der Waals surface area contributed by atoms with Crippen molar-refractivity contribution in [1.82, 2.24) is 9.97 Å². The quantitative estimate of drug-likeness (QED) is 0.257. The van der Waals surface area contributed by atoms with E-state index in [2.05, 4.69) is 5.32 Å². The molecule has 156 valence electrons. The maximum atomic E-state index is 11.9. The molecule has 6 heteroatoms. The molecule has 0 spiro atoms. The van der Waals surface area contributed by atoms with Gasteiger partial charge >= 0.3 is 5.97 Å². The van der Waals surface area contributed by atoms with E-state index in [1.54, 1.807) is 6.92 Å². The highest BCUT2D eigenvalue weighted by Gasteiger charge is 2.15. The minimum Gasteiger partial charge on any atom is -0.462 e. The van der Waals surface area contributed by atoms with Crippen molar-refractivity contribution in [2.24, 2.45) is 0 Å². The van der Waals surface area contributed by atoms with E-state index in [4.69, 9.17) is 14.7 Å². The predicted octanol–water partition coefficient (Wildman–Crippen LogP) is 5.35. The summed E-state index contributed by atoms with van der Waals surface area (Å²) in [6.07, 6.45) is 1.34. The molecule has 1 aromatic heterocycles. The fraction of sp³-hybridized carbons (Fsp3) is 0.0769. The summed E-state index contributed by atoms with van der Waals surface area (Å²) >= 11 is 0. The average molecular weight is 420 g/mol. The third-order valence-corrected chi connectivity index (χ3v) is 4.78. The third kappa shape index (κ3) is 4.32. The second kappa shape index (κ2) is 9.54. The van der Waals surface area contributed by atoms with Gasteiger partial charge in [-0.25, -0.2) is 14.8 Å². The van der Waals surface area contributed by atoms with Gasteiger partial charge in [-0.2, -0.15) is 5.26 Å². The number of nitrogens with one attached hydrogen (secondary N) is 1. The van der Waals surface area contributed by atoms with Crippen LogP contribution in [0, 0.1) is 11.3 Å². The highest BCUT2D eigenvalue weighted by molar-refractivity contribution is 5.95. The first-order chi connectivity index (χ1) is 15.7. The summed E-state index contributed by atoms with van der Waals surface area (Å²) in [5.41, 5.74) is 5.25. The molecule has 4 rings (SSSR count). The number of nitriles is 1. The fourth-order valence-corrected chi connectivity index (χ4v) is 3.28. The number of esters is 1. The molecule has 0 aliphatic heterocycles. The molecular formula is C26H20N4O2. The Bertz CT molecular complexity index is 1330. The standard InChI is InChI=1S/C26H20N4O2/c1-2-32-26(31)20(16-27)17-28-21-14-9-15-22-25(21)30-24(19-12-7-4-8-13-19)23(29-22)18-10-5-3-6-11-18/h3-15,17,28H,2H2,1H3/b20-17-. The molecule has 0 aliphatic carbocycles. The fourth-order valence-electron chi connectivity index (χ4n) is 3.28. The SMILES string of the molecule is CCOC(=O)/C(C#N)=C\Nc1cccc2nc(-c3ccccc3)c(-c3ccccc3)nc12. The van der Waals surface area contributed by atoms with Gasteiger partial charge in [0.2, 0.25) is 0 Å². The van der Waals surface area contributed by atoms with Crippen molar-refractivity contribution in [2.75, 3.05) is 11.9 Å². The summed E-state index contributed by atoms with van der Waals surface area (Å²) in [6.45, 7) is 1.89. The first-order valence-electron chi connectivity index (χ1n) is 10.2. The number of para-hydroxylation sites is 1. The molecule has 0 unspecified atom stereocenters. The second-order valence-electron chi connectivity index (χ2n) is 6.86. The van der Waals surface area contributed by atoms with Gasteiger partial charge in [0.15, 0.2) is 5.57 Å². The smallest absolute Gasteiger partial charge is 0.350 e. The predicted molar refractivity (Wildman–Crippen MR) is 124 cm³/mol.